The fraction of sp³-hybridized carbons (Fsp3) is 0.286. The van der Waals surface area contributed by atoms with Crippen LogP contribution in [0.3, 0.4) is 0 Å². The number of nitrogens with one attached hydrogen (secondary N) is 1. The van der Waals surface area contributed by atoms with Crippen molar-refractivity contribution >= 4 is 11.9 Å². The largest absolute Gasteiger partial charge is 0.488 e. The Kier molecular flexibility index (Phi) is 9.26. The number of nitrogens with zero attached hydrogens (tertiary/aromatic N) is 1. The lowest BCUT2D eigenvalue weighted by molar-refractivity contribution is -0.134. The number of aliphatic carboxylic acids is 2. The predicted octanol–water partition coefficient (Wildman–Crippen LogP) is 3.10. The van der Waals surface area contributed by atoms with Gasteiger partial charge < -0.3 is 25.0 Å². The molecule has 0 amide bonds. The van der Waals surface area contributed by atoms with E-state index in [1.165, 1.54) is 25.0 Å². The summed E-state index contributed by atoms with van der Waals surface area (Å²) in [6, 6.07) is 9.49. The highest BCUT2D eigenvalue weighted by Crippen LogP contribution is 2.29. The van der Waals surface area contributed by atoms with Gasteiger partial charge in [0.05, 0.1) is 6.61 Å². The normalized spacial score (nSPS) is 15.7. The Morgan fingerprint density at radius 2 is 1.87 bits per heavy atom. The summed E-state index contributed by atoms with van der Waals surface area (Å²) in [7, 11) is 0. The highest BCUT2D eigenvalue weighted by atomic mass is 19.1. The van der Waals surface area contributed by atoms with E-state index in [1.54, 1.807) is 18.3 Å². The average Bonchev–Trinajstić information content (AvgIpc) is 2.74. The van der Waals surface area contributed by atoms with Crippen molar-refractivity contribution in [2.75, 3.05) is 19.7 Å². The number of aromatic nitrogens is 1. The molecule has 30 heavy (non-hydrogen) atoms. The number of carboxylic acid groups (broad SMARTS) is 2. The van der Waals surface area contributed by atoms with Crippen LogP contribution in [0.1, 0.15) is 12.8 Å². The maximum Gasteiger partial charge on any atom is 0.328 e. The number of benzene rings is 1. The molecule has 0 unspecified atom stereocenters. The van der Waals surface area contributed by atoms with E-state index in [0.717, 1.165) is 13.1 Å². The topological polar surface area (TPSA) is 118 Å². The summed E-state index contributed by atoms with van der Waals surface area (Å²) in [5.41, 5.74) is 0. The van der Waals surface area contributed by atoms with E-state index in [2.05, 4.69) is 10.3 Å². The van der Waals surface area contributed by atoms with Crippen LogP contribution in [0.15, 0.2) is 54.7 Å². The monoisotopic (exact) mass is 418 g/mol. The molecular formula is C21H23FN2O6. The summed E-state index contributed by atoms with van der Waals surface area (Å²) >= 11 is 0. The van der Waals surface area contributed by atoms with Crippen molar-refractivity contribution in [1.82, 2.24) is 10.3 Å². The molecule has 2 heterocycles. The smallest absolute Gasteiger partial charge is 0.328 e. The van der Waals surface area contributed by atoms with E-state index in [0.29, 0.717) is 42.1 Å². The summed E-state index contributed by atoms with van der Waals surface area (Å²) < 4.78 is 24.5. The number of ether oxygens (including phenoxy) is 2. The third kappa shape index (κ3) is 8.70. The van der Waals surface area contributed by atoms with Gasteiger partial charge in [-0.25, -0.2) is 19.0 Å². The maximum atomic E-state index is 12.9. The first-order valence-electron chi connectivity index (χ1n) is 9.30. The van der Waals surface area contributed by atoms with Crippen LogP contribution in [0.25, 0.3) is 0 Å². The van der Waals surface area contributed by atoms with Gasteiger partial charge in [0, 0.05) is 30.8 Å². The number of hydrogen-bond donors (Lipinski definition) is 3. The van der Waals surface area contributed by atoms with E-state index in [-0.39, 0.29) is 5.82 Å². The summed E-state index contributed by atoms with van der Waals surface area (Å²) in [6.45, 7) is 2.70. The van der Waals surface area contributed by atoms with Gasteiger partial charge in [-0.05, 0) is 55.8 Å². The Morgan fingerprint density at radius 3 is 2.47 bits per heavy atom. The van der Waals surface area contributed by atoms with Crippen molar-refractivity contribution in [1.29, 1.82) is 0 Å². The van der Waals surface area contributed by atoms with Crippen molar-refractivity contribution in [3.05, 3.63) is 60.6 Å². The minimum Gasteiger partial charge on any atom is -0.488 e. The maximum absolute atomic E-state index is 12.9. The number of piperidine rings is 1. The van der Waals surface area contributed by atoms with Crippen LogP contribution in [-0.4, -0.2) is 46.8 Å². The van der Waals surface area contributed by atoms with Crippen LogP contribution in [0.4, 0.5) is 4.39 Å². The number of hydrogen-bond acceptors (Lipinski definition) is 6. The van der Waals surface area contributed by atoms with E-state index >= 15 is 0 Å². The highest BCUT2D eigenvalue weighted by molar-refractivity contribution is 5.89. The number of carboxylic acids is 2. The van der Waals surface area contributed by atoms with Gasteiger partial charge in [-0.1, -0.05) is 0 Å². The standard InChI is InChI=1S/C17H19FN2O2.C4H4O4/c18-14-5-7-15(8-6-14)22-17-16(4-2-10-20-17)21-12-13-3-1-9-19-11-13;5-3(6)1-2-4(7)8/h2,4-8,10,13,19H,1,3,9,11-12H2;1-2H,(H,5,6)(H,7,8)/b;2-1+/t13-;/m0./s1. The Hall–Kier alpha value is -3.46. The molecule has 3 rings (SSSR count). The molecule has 0 spiro atoms. The van der Waals surface area contributed by atoms with Gasteiger partial charge >= 0.3 is 11.9 Å². The Labute approximate surface area is 173 Å². The molecule has 8 nitrogen and oxygen atoms in total. The third-order valence-electron chi connectivity index (χ3n) is 4.01. The molecule has 0 saturated carbocycles. The quantitative estimate of drug-likeness (QED) is 0.587. The molecule has 0 bridgehead atoms. The zero-order valence-electron chi connectivity index (χ0n) is 16.2. The molecule has 1 aromatic heterocycles. The van der Waals surface area contributed by atoms with E-state index < -0.39 is 11.9 Å². The molecule has 1 saturated heterocycles. The summed E-state index contributed by atoms with van der Waals surface area (Å²) in [5, 5.41) is 19.0. The van der Waals surface area contributed by atoms with Gasteiger partial charge in [0.15, 0.2) is 5.75 Å². The van der Waals surface area contributed by atoms with Crippen molar-refractivity contribution in [3.8, 4) is 17.4 Å². The molecule has 3 N–H and O–H groups in total. The number of pyridine rings is 1. The lowest BCUT2D eigenvalue weighted by atomic mass is 10.0. The van der Waals surface area contributed by atoms with Gasteiger partial charge in [-0.3, -0.25) is 0 Å². The SMILES string of the molecule is Fc1ccc(Oc2ncccc2OC[C@H]2CCCNC2)cc1.O=C(O)/C=C/C(=O)O. The van der Waals surface area contributed by atoms with Crippen molar-refractivity contribution in [2.24, 2.45) is 5.92 Å². The number of carbonyl (C=O) groups is 2. The van der Waals surface area contributed by atoms with E-state index in [9.17, 15) is 14.0 Å². The Balaban J connectivity index is 0.000000343. The second-order valence-electron chi connectivity index (χ2n) is 6.40. The second-order valence-corrected chi connectivity index (χ2v) is 6.40. The molecule has 1 aliphatic heterocycles. The molecule has 160 valence electrons. The van der Waals surface area contributed by atoms with Crippen molar-refractivity contribution in [2.45, 2.75) is 12.8 Å². The van der Waals surface area contributed by atoms with Crippen LogP contribution in [0.5, 0.6) is 17.4 Å². The van der Waals surface area contributed by atoms with Crippen molar-refractivity contribution in [3.63, 3.8) is 0 Å². The van der Waals surface area contributed by atoms with Crippen LogP contribution in [0.2, 0.25) is 0 Å². The minimum atomic E-state index is -1.26. The molecule has 0 aliphatic carbocycles. The number of halogens is 1. The highest BCUT2D eigenvalue weighted by Gasteiger charge is 2.15. The fourth-order valence-electron chi connectivity index (χ4n) is 2.59. The van der Waals surface area contributed by atoms with Gasteiger partial charge in [-0.2, -0.15) is 0 Å². The van der Waals surface area contributed by atoms with Gasteiger partial charge in [-0.15, -0.1) is 0 Å². The molecule has 2 aromatic rings. The van der Waals surface area contributed by atoms with Crippen molar-refractivity contribution < 1.29 is 33.7 Å². The lowest BCUT2D eigenvalue weighted by Crippen LogP contribution is -2.33. The molecule has 1 atom stereocenters. The van der Waals surface area contributed by atoms with E-state index in [4.69, 9.17) is 19.7 Å². The average molecular weight is 418 g/mol. The first kappa shape index (κ1) is 22.8. The van der Waals surface area contributed by atoms with E-state index in [1.807, 2.05) is 12.1 Å². The minimum absolute atomic E-state index is 0.297. The molecule has 1 fully saturated rings. The molecular weight excluding hydrogens is 395 g/mol. The first-order chi connectivity index (χ1) is 14.4. The predicted molar refractivity (Wildman–Crippen MR) is 106 cm³/mol. The molecule has 0 radical (unpaired) electrons. The van der Waals surface area contributed by atoms with Crippen LogP contribution < -0.4 is 14.8 Å². The molecule has 1 aromatic carbocycles. The van der Waals surface area contributed by atoms with Gasteiger partial charge in [0.1, 0.15) is 11.6 Å². The number of rotatable bonds is 7. The fourth-order valence-corrected chi connectivity index (χ4v) is 2.59. The Bertz CT molecular complexity index is 835. The van der Waals surface area contributed by atoms with Crippen LogP contribution in [0, 0.1) is 11.7 Å². The molecule has 1 aliphatic rings. The summed E-state index contributed by atoms with van der Waals surface area (Å²) in [6.07, 6.45) is 5.11. The summed E-state index contributed by atoms with van der Waals surface area (Å²) in [5.74, 6) is -0.762. The Morgan fingerprint density at radius 1 is 1.17 bits per heavy atom. The zero-order chi connectivity index (χ0) is 21.8. The van der Waals surface area contributed by atoms with Crippen LogP contribution in [-0.2, 0) is 9.59 Å². The van der Waals surface area contributed by atoms with Gasteiger partial charge in [0.2, 0.25) is 0 Å². The first-order valence-corrected chi connectivity index (χ1v) is 9.30. The van der Waals surface area contributed by atoms with Crippen LogP contribution >= 0.6 is 0 Å². The van der Waals surface area contributed by atoms with Gasteiger partial charge in [0.25, 0.3) is 5.88 Å². The third-order valence-corrected chi connectivity index (χ3v) is 4.01. The second kappa shape index (κ2) is 12.2. The zero-order valence-corrected chi connectivity index (χ0v) is 16.2. The lowest BCUT2D eigenvalue weighted by Gasteiger charge is -2.23. The summed E-state index contributed by atoms with van der Waals surface area (Å²) in [4.78, 5) is 23.3. The molecule has 9 heteroatoms.